The van der Waals surface area contributed by atoms with Crippen LogP contribution in [-0.2, 0) is 16.6 Å². The Hall–Kier alpha value is -4.21. The predicted octanol–water partition coefficient (Wildman–Crippen LogP) is 4.94. The fourth-order valence-electron chi connectivity index (χ4n) is 3.73. The third kappa shape index (κ3) is 6.93. The lowest BCUT2D eigenvalue weighted by Crippen LogP contribution is -2.37. The van der Waals surface area contributed by atoms with E-state index in [1.807, 2.05) is 0 Å². The molecule has 2 amide bonds. The topological polar surface area (TPSA) is 110 Å². The molecule has 3 rings (SSSR count). The molecule has 0 saturated carbocycles. The first-order chi connectivity index (χ1) is 17.2. The van der Waals surface area contributed by atoms with Crippen molar-refractivity contribution in [2.45, 2.75) is 45.8 Å². The lowest BCUT2D eigenvalue weighted by atomic mass is 9.98. The van der Waals surface area contributed by atoms with Crippen LogP contribution in [0.3, 0.4) is 0 Å². The van der Waals surface area contributed by atoms with E-state index in [0.29, 0.717) is 16.7 Å². The molecular weight excluding hydrogens is 484 g/mol. The number of benzene rings is 2. The molecule has 8 nitrogen and oxygen atoms in total. The number of anilines is 1. The largest absolute Gasteiger partial charge is 0.505 e. The molecule has 0 unspecified atom stereocenters. The van der Waals surface area contributed by atoms with E-state index < -0.39 is 40.8 Å². The van der Waals surface area contributed by atoms with E-state index in [1.165, 1.54) is 23.9 Å². The van der Waals surface area contributed by atoms with Gasteiger partial charge in [-0.25, -0.2) is 13.6 Å². The van der Waals surface area contributed by atoms with Crippen LogP contribution in [0.25, 0.3) is 11.1 Å². The molecule has 1 atom stereocenters. The minimum Gasteiger partial charge on any atom is -0.505 e. The number of esters is 1. The Labute approximate surface area is 212 Å². The Morgan fingerprint density at radius 2 is 1.76 bits per heavy atom. The van der Waals surface area contributed by atoms with Crippen molar-refractivity contribution in [3.05, 3.63) is 81.8 Å². The first-order valence-corrected chi connectivity index (χ1v) is 11.5. The molecule has 37 heavy (non-hydrogen) atoms. The van der Waals surface area contributed by atoms with Gasteiger partial charge in [0.25, 0.3) is 5.56 Å². The van der Waals surface area contributed by atoms with Gasteiger partial charge < -0.3 is 25.0 Å². The van der Waals surface area contributed by atoms with Crippen molar-refractivity contribution in [1.29, 1.82) is 0 Å². The molecule has 2 aromatic carbocycles. The van der Waals surface area contributed by atoms with Gasteiger partial charge >= 0.3 is 12.0 Å². The highest BCUT2D eigenvalue weighted by Crippen LogP contribution is 2.27. The van der Waals surface area contributed by atoms with Gasteiger partial charge in [-0.15, -0.1) is 0 Å². The Kier molecular flexibility index (Phi) is 8.00. The fourth-order valence-corrected chi connectivity index (χ4v) is 3.73. The Morgan fingerprint density at radius 1 is 1.11 bits per heavy atom. The highest BCUT2D eigenvalue weighted by atomic mass is 19.1. The number of amides is 2. The Morgan fingerprint density at radius 3 is 2.35 bits per heavy atom. The Balaban J connectivity index is 1.88. The zero-order valence-corrected chi connectivity index (χ0v) is 21.2. The van der Waals surface area contributed by atoms with Crippen LogP contribution < -0.4 is 16.2 Å². The number of hydrogen-bond acceptors (Lipinski definition) is 5. The smallest absolute Gasteiger partial charge is 0.319 e. The van der Waals surface area contributed by atoms with Crippen LogP contribution in [0.15, 0.2) is 53.5 Å². The molecule has 0 fully saturated rings. The molecule has 0 spiro atoms. The van der Waals surface area contributed by atoms with Crippen molar-refractivity contribution in [3.8, 4) is 16.9 Å². The van der Waals surface area contributed by atoms with Gasteiger partial charge in [-0.05, 0) is 51.0 Å². The number of rotatable bonds is 6. The minimum absolute atomic E-state index is 0.188. The molecule has 0 aliphatic carbocycles. The number of aryl methyl sites for hydroxylation is 2. The monoisotopic (exact) mass is 513 g/mol. The highest BCUT2D eigenvalue weighted by molar-refractivity contribution is 5.91. The van der Waals surface area contributed by atoms with Crippen LogP contribution in [-0.4, -0.2) is 27.3 Å². The van der Waals surface area contributed by atoms with E-state index in [2.05, 4.69) is 10.6 Å². The van der Waals surface area contributed by atoms with E-state index in [0.717, 1.165) is 12.1 Å². The summed E-state index contributed by atoms with van der Waals surface area (Å²) in [5, 5.41) is 15.3. The maximum Gasteiger partial charge on any atom is 0.319 e. The van der Waals surface area contributed by atoms with Gasteiger partial charge in [0, 0.05) is 30.4 Å². The lowest BCUT2D eigenvalue weighted by Gasteiger charge is -2.23. The highest BCUT2D eigenvalue weighted by Gasteiger charge is 2.24. The number of aromatic hydroxyl groups is 1. The number of ether oxygens (including phenoxy) is 1. The third-order valence-corrected chi connectivity index (χ3v) is 5.42. The molecule has 0 radical (unpaired) electrons. The van der Waals surface area contributed by atoms with E-state index >= 15 is 0 Å². The number of carbonyl (C=O) groups is 2. The summed E-state index contributed by atoms with van der Waals surface area (Å²) in [6.45, 7) is 6.71. The average Bonchev–Trinajstić information content (AvgIpc) is 2.79. The second-order valence-electron chi connectivity index (χ2n) is 9.64. The second kappa shape index (κ2) is 10.8. The van der Waals surface area contributed by atoms with E-state index in [4.69, 9.17) is 4.74 Å². The van der Waals surface area contributed by atoms with Crippen molar-refractivity contribution in [1.82, 2.24) is 9.88 Å². The summed E-state index contributed by atoms with van der Waals surface area (Å²) < 4.78 is 34.1. The summed E-state index contributed by atoms with van der Waals surface area (Å²) in [5.41, 5.74) is -0.151. The van der Waals surface area contributed by atoms with Crippen LogP contribution >= 0.6 is 0 Å². The van der Waals surface area contributed by atoms with Gasteiger partial charge in [0.05, 0.1) is 12.5 Å². The van der Waals surface area contributed by atoms with Crippen LogP contribution in [0.1, 0.15) is 44.4 Å². The van der Waals surface area contributed by atoms with E-state index in [-0.39, 0.29) is 23.4 Å². The lowest BCUT2D eigenvalue weighted by molar-refractivity contribution is -0.155. The van der Waals surface area contributed by atoms with Crippen molar-refractivity contribution in [2.75, 3.05) is 5.32 Å². The number of carbonyl (C=O) groups excluding carboxylic acids is 2. The number of pyridine rings is 1. The van der Waals surface area contributed by atoms with Crippen LogP contribution in [0.2, 0.25) is 0 Å². The maximum absolute atomic E-state index is 14.2. The Bertz CT molecular complexity index is 1380. The fraction of sp³-hybridized carbons (Fsp3) is 0.296. The quantitative estimate of drug-likeness (QED) is 0.405. The van der Waals surface area contributed by atoms with E-state index in [1.54, 1.807) is 52.0 Å². The van der Waals surface area contributed by atoms with Gasteiger partial charge in [-0.1, -0.05) is 24.3 Å². The molecule has 0 bridgehead atoms. The van der Waals surface area contributed by atoms with Gasteiger partial charge in [0.1, 0.15) is 23.0 Å². The zero-order chi connectivity index (χ0) is 27.5. The predicted molar refractivity (Wildman–Crippen MR) is 135 cm³/mol. The molecule has 10 heteroatoms. The number of hydrogen-bond donors (Lipinski definition) is 3. The molecule has 1 aromatic heterocycles. The zero-order valence-electron chi connectivity index (χ0n) is 21.2. The normalized spacial score (nSPS) is 12.1. The average molecular weight is 514 g/mol. The summed E-state index contributed by atoms with van der Waals surface area (Å²) in [4.78, 5) is 37.8. The number of nitrogens with one attached hydrogen (secondary N) is 2. The number of halogens is 2. The minimum atomic E-state index is -0.891. The van der Waals surface area contributed by atoms with Crippen molar-refractivity contribution >= 4 is 17.7 Å². The molecule has 0 aliphatic heterocycles. The molecule has 0 saturated heterocycles. The summed E-state index contributed by atoms with van der Waals surface area (Å²) in [5.74, 6) is -2.37. The SMILES string of the molecule is Cc1cn(C)c(=O)c(NC(=O)N[C@@H](CC(=O)OC(C)(C)C)c2ccc(-c3ccc(F)cc3F)cc2)c1O. The number of nitrogens with zero attached hydrogens (tertiary/aromatic N) is 1. The molecule has 3 aromatic rings. The first kappa shape index (κ1) is 27.4. The van der Waals surface area contributed by atoms with Crippen molar-refractivity contribution < 1.29 is 28.2 Å². The summed E-state index contributed by atoms with van der Waals surface area (Å²) >= 11 is 0. The van der Waals surface area contributed by atoms with Gasteiger partial charge in [0.15, 0.2) is 5.69 Å². The van der Waals surface area contributed by atoms with E-state index in [9.17, 15) is 28.3 Å². The number of urea groups is 1. The van der Waals surface area contributed by atoms with Crippen molar-refractivity contribution in [3.63, 3.8) is 0 Å². The van der Waals surface area contributed by atoms with Crippen molar-refractivity contribution in [2.24, 2.45) is 7.05 Å². The maximum atomic E-state index is 14.2. The second-order valence-corrected chi connectivity index (χ2v) is 9.64. The van der Waals surface area contributed by atoms with Gasteiger partial charge in [0.2, 0.25) is 0 Å². The molecular formula is C27H29F2N3O5. The summed E-state index contributed by atoms with van der Waals surface area (Å²) in [7, 11) is 1.48. The van der Waals surface area contributed by atoms with Crippen LogP contribution in [0, 0.1) is 18.6 Å². The van der Waals surface area contributed by atoms with Gasteiger partial charge in [-0.2, -0.15) is 0 Å². The first-order valence-electron chi connectivity index (χ1n) is 11.5. The van der Waals surface area contributed by atoms with Crippen LogP contribution in [0.5, 0.6) is 5.75 Å². The molecule has 1 heterocycles. The molecule has 3 N–H and O–H groups in total. The standard InChI is InChI=1S/C27H29F2N3O5/c1-15-14-32(5)25(35)23(24(15)34)31-26(36)30-21(13-22(33)37-27(2,3)4)17-8-6-16(7-9-17)19-11-10-18(28)12-20(19)29/h6-12,14,21,34H,13H2,1-5H3,(H2,30,31,36)/t21-/m0/s1. The molecule has 0 aliphatic rings. The number of aromatic nitrogens is 1. The summed E-state index contributed by atoms with van der Waals surface area (Å²) in [6, 6.07) is 7.87. The van der Waals surface area contributed by atoms with Gasteiger partial charge in [-0.3, -0.25) is 9.59 Å². The summed E-state index contributed by atoms with van der Waals surface area (Å²) in [6.07, 6.45) is 1.18. The molecule has 196 valence electrons. The third-order valence-electron chi connectivity index (χ3n) is 5.42. The van der Waals surface area contributed by atoms with Crippen LogP contribution in [0.4, 0.5) is 19.3 Å².